The number of amides is 1. The van der Waals surface area contributed by atoms with Crippen LogP contribution in [-0.2, 0) is 14.8 Å². The van der Waals surface area contributed by atoms with E-state index in [0.717, 1.165) is 16.6 Å². The first-order chi connectivity index (χ1) is 16.2. The van der Waals surface area contributed by atoms with Crippen LogP contribution in [0.1, 0.15) is 19.4 Å². The van der Waals surface area contributed by atoms with Crippen LogP contribution in [-0.4, -0.2) is 45.6 Å². The van der Waals surface area contributed by atoms with E-state index in [1.165, 1.54) is 12.1 Å². The first-order valence-electron chi connectivity index (χ1n) is 10.9. The van der Waals surface area contributed by atoms with E-state index in [-0.39, 0.29) is 23.3 Å². The number of nitrogens with zero attached hydrogens (tertiary/aromatic N) is 1. The highest BCUT2D eigenvalue weighted by Gasteiger charge is 2.16. The molecule has 0 spiro atoms. The first kappa shape index (κ1) is 25.7. The zero-order valence-corrected chi connectivity index (χ0v) is 21.0. The molecule has 0 aliphatic heterocycles. The Bertz CT molecular complexity index is 1270. The van der Waals surface area contributed by atoms with Gasteiger partial charge in [0, 0.05) is 41.9 Å². The third-order valence-electron chi connectivity index (χ3n) is 4.96. The number of halogens is 1. The Morgan fingerprint density at radius 3 is 2.65 bits per heavy atom. The summed E-state index contributed by atoms with van der Waals surface area (Å²) in [6.07, 6.45) is 1.70. The van der Waals surface area contributed by atoms with Crippen molar-refractivity contribution < 1.29 is 17.9 Å². The summed E-state index contributed by atoms with van der Waals surface area (Å²) in [5, 5.41) is 7.65. The van der Waals surface area contributed by atoms with Gasteiger partial charge in [-0.1, -0.05) is 25.4 Å². The fraction of sp³-hybridized carbons (Fsp3) is 0.333. The monoisotopic (exact) mass is 504 g/mol. The van der Waals surface area contributed by atoms with E-state index in [2.05, 4.69) is 20.3 Å². The molecule has 3 N–H and O–H groups in total. The van der Waals surface area contributed by atoms with Crippen molar-refractivity contribution in [2.24, 2.45) is 5.92 Å². The van der Waals surface area contributed by atoms with Crippen LogP contribution >= 0.6 is 11.6 Å². The first-order valence-corrected chi connectivity index (χ1v) is 12.8. The highest BCUT2D eigenvalue weighted by atomic mass is 35.5. The van der Waals surface area contributed by atoms with E-state index in [1.807, 2.05) is 32.0 Å². The molecular weight excluding hydrogens is 476 g/mol. The summed E-state index contributed by atoms with van der Waals surface area (Å²) in [5.41, 5.74) is 2.33. The fourth-order valence-electron chi connectivity index (χ4n) is 3.18. The van der Waals surface area contributed by atoms with Crippen molar-refractivity contribution in [3.8, 4) is 5.75 Å². The number of sulfonamides is 1. The van der Waals surface area contributed by atoms with Gasteiger partial charge in [-0.2, -0.15) is 0 Å². The molecular formula is C24H29ClN4O4S. The molecule has 0 fully saturated rings. The van der Waals surface area contributed by atoms with E-state index in [0.29, 0.717) is 36.0 Å². The number of pyridine rings is 1. The van der Waals surface area contributed by atoms with Crippen LogP contribution in [0.25, 0.3) is 10.9 Å². The Balaban J connectivity index is 1.46. The predicted molar refractivity (Wildman–Crippen MR) is 135 cm³/mol. The number of aromatic nitrogens is 1. The van der Waals surface area contributed by atoms with Gasteiger partial charge in [-0.25, -0.2) is 13.1 Å². The van der Waals surface area contributed by atoms with Gasteiger partial charge in [0.05, 0.1) is 10.4 Å². The largest absolute Gasteiger partial charge is 0.484 e. The average Bonchev–Trinajstić information content (AvgIpc) is 2.79. The lowest BCUT2D eigenvalue weighted by Crippen LogP contribution is -2.32. The van der Waals surface area contributed by atoms with Crippen molar-refractivity contribution >= 4 is 44.1 Å². The predicted octanol–water partition coefficient (Wildman–Crippen LogP) is 3.74. The number of aryl methyl sites for hydroxylation is 1. The highest BCUT2D eigenvalue weighted by Crippen LogP contribution is 2.24. The smallest absolute Gasteiger partial charge is 0.258 e. The second-order valence-corrected chi connectivity index (χ2v) is 10.5. The maximum absolute atomic E-state index is 12.4. The molecule has 2 aromatic carbocycles. The summed E-state index contributed by atoms with van der Waals surface area (Å²) in [4.78, 5) is 16.6. The summed E-state index contributed by atoms with van der Waals surface area (Å²) >= 11 is 6.02. The fourth-order valence-corrected chi connectivity index (χ4v) is 4.64. The number of anilines is 1. The van der Waals surface area contributed by atoms with Gasteiger partial charge in [0.2, 0.25) is 10.0 Å². The lowest BCUT2D eigenvalue weighted by atomic mass is 10.2. The summed E-state index contributed by atoms with van der Waals surface area (Å²) in [5.74, 6) is 0.385. The normalized spacial score (nSPS) is 11.6. The minimum atomic E-state index is -3.58. The molecule has 0 atom stereocenters. The third-order valence-corrected chi connectivity index (χ3v) is 6.62. The number of benzene rings is 2. The Labute approximate surface area is 205 Å². The molecule has 3 rings (SSSR count). The van der Waals surface area contributed by atoms with Gasteiger partial charge in [0.25, 0.3) is 5.91 Å². The number of carbonyl (C=O) groups is 1. The van der Waals surface area contributed by atoms with Crippen molar-refractivity contribution in [2.45, 2.75) is 25.7 Å². The summed E-state index contributed by atoms with van der Waals surface area (Å²) < 4.78 is 32.9. The van der Waals surface area contributed by atoms with Crippen molar-refractivity contribution in [3.05, 3.63) is 59.2 Å². The second kappa shape index (κ2) is 11.5. The van der Waals surface area contributed by atoms with Gasteiger partial charge >= 0.3 is 0 Å². The number of nitrogens with one attached hydrogen (secondary N) is 3. The molecule has 0 radical (unpaired) electrons. The minimum absolute atomic E-state index is 0.166. The Hall–Kier alpha value is -2.88. The summed E-state index contributed by atoms with van der Waals surface area (Å²) in [6, 6.07) is 11.9. The molecule has 3 aromatic rings. The molecule has 34 heavy (non-hydrogen) atoms. The number of carbonyl (C=O) groups excluding carboxylic acids is 1. The van der Waals surface area contributed by atoms with Crippen LogP contribution in [0, 0.1) is 12.8 Å². The second-order valence-electron chi connectivity index (χ2n) is 8.26. The van der Waals surface area contributed by atoms with Gasteiger partial charge in [0.1, 0.15) is 5.75 Å². The van der Waals surface area contributed by atoms with Crippen molar-refractivity contribution in [1.82, 2.24) is 15.0 Å². The standard InChI is InChI=1S/C24H29ClN4O4S/c1-16(2)14-29-34(31,32)19-5-7-23(17(3)12-19)33-15-24(30)28-11-10-27-21-8-9-26-22-13-18(25)4-6-20(21)22/h4-9,12-13,16,29H,10-11,14-15H2,1-3H3,(H,26,27)(H,28,30). The summed E-state index contributed by atoms with van der Waals surface area (Å²) in [7, 11) is -3.58. The topological polar surface area (TPSA) is 109 Å². The van der Waals surface area contributed by atoms with Crippen molar-refractivity contribution in [1.29, 1.82) is 0 Å². The maximum Gasteiger partial charge on any atom is 0.258 e. The average molecular weight is 505 g/mol. The van der Waals surface area contributed by atoms with Gasteiger partial charge in [-0.05, 0) is 60.9 Å². The molecule has 0 saturated heterocycles. The highest BCUT2D eigenvalue weighted by molar-refractivity contribution is 7.89. The molecule has 1 heterocycles. The quantitative estimate of drug-likeness (QED) is 0.343. The molecule has 182 valence electrons. The zero-order chi connectivity index (χ0) is 24.7. The van der Waals surface area contributed by atoms with Gasteiger partial charge < -0.3 is 15.4 Å². The van der Waals surface area contributed by atoms with Crippen LogP contribution in [0.3, 0.4) is 0 Å². The Morgan fingerprint density at radius 1 is 1.12 bits per heavy atom. The lowest BCUT2D eigenvalue weighted by Gasteiger charge is -2.13. The van der Waals surface area contributed by atoms with Crippen LogP contribution in [0.15, 0.2) is 53.6 Å². The Morgan fingerprint density at radius 2 is 1.91 bits per heavy atom. The third kappa shape index (κ3) is 7.06. The molecule has 1 aromatic heterocycles. The summed E-state index contributed by atoms with van der Waals surface area (Å²) in [6.45, 7) is 6.72. The van der Waals surface area contributed by atoms with Gasteiger partial charge in [0.15, 0.2) is 6.61 Å². The van der Waals surface area contributed by atoms with Crippen LogP contribution in [0.5, 0.6) is 5.75 Å². The van der Waals surface area contributed by atoms with E-state index >= 15 is 0 Å². The number of rotatable bonds is 11. The van der Waals surface area contributed by atoms with E-state index in [9.17, 15) is 13.2 Å². The molecule has 0 aliphatic carbocycles. The maximum atomic E-state index is 12.4. The van der Waals surface area contributed by atoms with Crippen LogP contribution < -0.4 is 20.1 Å². The number of fused-ring (bicyclic) bond motifs is 1. The number of hydrogen-bond acceptors (Lipinski definition) is 6. The molecule has 10 heteroatoms. The molecule has 0 saturated carbocycles. The van der Waals surface area contributed by atoms with Crippen LogP contribution in [0.2, 0.25) is 5.02 Å². The minimum Gasteiger partial charge on any atom is -0.484 e. The van der Waals surface area contributed by atoms with Crippen LogP contribution in [0.4, 0.5) is 5.69 Å². The molecule has 0 aliphatic rings. The van der Waals surface area contributed by atoms with Gasteiger partial charge in [-0.3, -0.25) is 9.78 Å². The number of hydrogen-bond donors (Lipinski definition) is 3. The Kier molecular flexibility index (Phi) is 8.71. The lowest BCUT2D eigenvalue weighted by molar-refractivity contribution is -0.123. The van der Waals surface area contributed by atoms with Crippen molar-refractivity contribution in [3.63, 3.8) is 0 Å². The molecule has 8 nitrogen and oxygen atoms in total. The van der Waals surface area contributed by atoms with Crippen molar-refractivity contribution in [2.75, 3.05) is 31.6 Å². The molecule has 0 bridgehead atoms. The van der Waals surface area contributed by atoms with Gasteiger partial charge in [-0.15, -0.1) is 0 Å². The number of ether oxygens (including phenoxy) is 1. The molecule has 0 unspecified atom stereocenters. The zero-order valence-electron chi connectivity index (χ0n) is 19.4. The van der Waals surface area contributed by atoms with E-state index in [1.54, 1.807) is 25.3 Å². The van der Waals surface area contributed by atoms with E-state index in [4.69, 9.17) is 16.3 Å². The molecule has 1 amide bonds. The van der Waals surface area contributed by atoms with E-state index < -0.39 is 10.0 Å². The SMILES string of the molecule is Cc1cc(S(=O)(=O)NCC(C)C)ccc1OCC(=O)NCCNc1ccnc2cc(Cl)ccc12.